The Labute approximate surface area is 171 Å². The maximum atomic E-state index is 12.7. The first-order valence-electron chi connectivity index (χ1n) is 9.87. The Hall–Kier alpha value is -2.77. The molecular weight excluding hydrogens is 368 g/mol. The minimum absolute atomic E-state index is 0.164. The molecule has 0 fully saturated rings. The standard InChI is InChI=1S/C21H32N6O2/c1-19(2,3)12-21(7,8)25-17-15(20(4,5)6)24-16-13(11-22-27(16)17)18(28)23-14-9-10-29-26-14/h9-11,22,25H,12H2,1-8H3,(H,23,26,28). The van der Waals surface area contributed by atoms with Crippen LogP contribution in [0.15, 0.2) is 23.0 Å². The van der Waals surface area contributed by atoms with Gasteiger partial charge in [0.25, 0.3) is 5.91 Å². The van der Waals surface area contributed by atoms with E-state index < -0.39 is 0 Å². The first-order valence-corrected chi connectivity index (χ1v) is 9.87. The predicted molar refractivity (Wildman–Crippen MR) is 114 cm³/mol. The van der Waals surface area contributed by atoms with Gasteiger partial charge >= 0.3 is 0 Å². The van der Waals surface area contributed by atoms with Crippen LogP contribution in [0, 0.1) is 5.41 Å². The average molecular weight is 401 g/mol. The molecule has 8 nitrogen and oxygen atoms in total. The van der Waals surface area contributed by atoms with Crippen LogP contribution in [0.1, 0.15) is 77.9 Å². The molecule has 0 aromatic carbocycles. The van der Waals surface area contributed by atoms with E-state index in [1.165, 1.54) is 6.26 Å². The highest BCUT2D eigenvalue weighted by Gasteiger charge is 2.32. The number of nitrogens with one attached hydrogen (secondary N) is 3. The molecule has 0 aliphatic rings. The first-order chi connectivity index (χ1) is 13.3. The minimum atomic E-state index is -0.295. The van der Waals surface area contributed by atoms with E-state index in [1.54, 1.807) is 12.3 Å². The molecule has 0 radical (unpaired) electrons. The van der Waals surface area contributed by atoms with E-state index in [-0.39, 0.29) is 22.3 Å². The Bertz CT molecular complexity index is 997. The lowest BCUT2D eigenvalue weighted by Crippen LogP contribution is -2.36. The van der Waals surface area contributed by atoms with E-state index in [2.05, 4.69) is 76.3 Å². The molecule has 0 atom stereocenters. The van der Waals surface area contributed by atoms with E-state index in [4.69, 9.17) is 9.51 Å². The Balaban J connectivity index is 2.02. The van der Waals surface area contributed by atoms with Crippen molar-refractivity contribution in [3.63, 3.8) is 0 Å². The second kappa shape index (κ2) is 6.93. The maximum Gasteiger partial charge on any atom is 0.262 e. The van der Waals surface area contributed by atoms with Crippen LogP contribution in [0.5, 0.6) is 0 Å². The van der Waals surface area contributed by atoms with Crippen LogP contribution >= 0.6 is 0 Å². The number of imidazole rings is 1. The fourth-order valence-electron chi connectivity index (χ4n) is 3.88. The van der Waals surface area contributed by atoms with Crippen LogP contribution in [0.3, 0.4) is 0 Å². The lowest BCUT2D eigenvalue weighted by molar-refractivity contribution is 0.102. The molecule has 0 aliphatic heterocycles. The minimum Gasteiger partial charge on any atom is -0.364 e. The van der Waals surface area contributed by atoms with Crippen molar-refractivity contribution in [2.45, 2.75) is 72.8 Å². The molecule has 3 N–H and O–H groups in total. The van der Waals surface area contributed by atoms with Gasteiger partial charge in [-0.15, -0.1) is 0 Å². The van der Waals surface area contributed by atoms with Gasteiger partial charge in [-0.2, -0.15) is 0 Å². The molecule has 0 aliphatic carbocycles. The molecule has 0 saturated heterocycles. The number of hydrogen-bond donors (Lipinski definition) is 3. The van der Waals surface area contributed by atoms with Gasteiger partial charge in [-0.05, 0) is 25.7 Å². The summed E-state index contributed by atoms with van der Waals surface area (Å²) < 4.78 is 6.63. The van der Waals surface area contributed by atoms with Gasteiger partial charge in [0.1, 0.15) is 11.8 Å². The van der Waals surface area contributed by atoms with E-state index in [9.17, 15) is 4.79 Å². The highest BCUT2D eigenvalue weighted by atomic mass is 16.5. The van der Waals surface area contributed by atoms with E-state index in [1.807, 2.05) is 4.52 Å². The van der Waals surface area contributed by atoms with E-state index >= 15 is 0 Å². The molecule has 0 bridgehead atoms. The van der Waals surface area contributed by atoms with Gasteiger partial charge in [0.05, 0.1) is 5.69 Å². The van der Waals surface area contributed by atoms with Crippen LogP contribution in [-0.4, -0.2) is 31.2 Å². The number of amides is 1. The van der Waals surface area contributed by atoms with Crippen molar-refractivity contribution in [3.8, 4) is 0 Å². The van der Waals surface area contributed by atoms with E-state index in [0.717, 1.165) is 17.9 Å². The molecule has 0 unspecified atom stereocenters. The fourth-order valence-corrected chi connectivity index (χ4v) is 3.88. The largest absolute Gasteiger partial charge is 0.364 e. The van der Waals surface area contributed by atoms with Gasteiger partial charge in [0.2, 0.25) is 0 Å². The number of H-pyrrole nitrogens is 1. The molecular formula is C21H32N6O2. The summed E-state index contributed by atoms with van der Waals surface area (Å²) in [5.41, 5.74) is 1.72. The van der Waals surface area contributed by atoms with Gasteiger partial charge < -0.3 is 15.2 Å². The van der Waals surface area contributed by atoms with Gasteiger partial charge in [-0.1, -0.05) is 46.7 Å². The van der Waals surface area contributed by atoms with Gasteiger partial charge in [0.15, 0.2) is 17.3 Å². The molecule has 3 aromatic rings. The number of carbonyl (C=O) groups is 1. The van der Waals surface area contributed by atoms with Crippen LogP contribution in [-0.2, 0) is 5.41 Å². The van der Waals surface area contributed by atoms with Crippen molar-refractivity contribution in [1.29, 1.82) is 0 Å². The summed E-state index contributed by atoms with van der Waals surface area (Å²) in [7, 11) is 0. The third-order valence-electron chi connectivity index (χ3n) is 4.52. The normalized spacial score (nSPS) is 13.1. The number of nitrogens with zero attached hydrogens (tertiary/aromatic N) is 3. The van der Waals surface area contributed by atoms with Crippen molar-refractivity contribution in [2.24, 2.45) is 5.41 Å². The summed E-state index contributed by atoms with van der Waals surface area (Å²) in [6.07, 6.45) is 4.04. The zero-order chi connectivity index (χ0) is 21.6. The highest BCUT2D eigenvalue weighted by Crippen LogP contribution is 2.35. The van der Waals surface area contributed by atoms with Crippen molar-refractivity contribution in [3.05, 3.63) is 29.8 Å². The number of fused-ring (bicyclic) bond motifs is 1. The molecule has 0 saturated carbocycles. The number of hydrogen-bond acceptors (Lipinski definition) is 5. The Morgan fingerprint density at radius 3 is 2.41 bits per heavy atom. The summed E-state index contributed by atoms with van der Waals surface area (Å²) in [5.74, 6) is 0.944. The molecule has 8 heteroatoms. The summed E-state index contributed by atoms with van der Waals surface area (Å²) in [4.78, 5) is 17.6. The summed E-state index contributed by atoms with van der Waals surface area (Å²) >= 11 is 0. The Morgan fingerprint density at radius 1 is 1.17 bits per heavy atom. The zero-order valence-corrected chi connectivity index (χ0v) is 18.6. The van der Waals surface area contributed by atoms with E-state index in [0.29, 0.717) is 17.0 Å². The van der Waals surface area contributed by atoms with Crippen molar-refractivity contribution in [1.82, 2.24) is 19.8 Å². The monoisotopic (exact) mass is 400 g/mol. The molecule has 1 amide bonds. The smallest absolute Gasteiger partial charge is 0.262 e. The average Bonchev–Trinajstić information content (AvgIpc) is 3.21. The molecule has 158 valence electrons. The maximum absolute atomic E-state index is 12.7. The Morgan fingerprint density at radius 2 is 1.86 bits per heavy atom. The molecule has 0 spiro atoms. The third-order valence-corrected chi connectivity index (χ3v) is 4.52. The van der Waals surface area contributed by atoms with Gasteiger partial charge in [-0.3, -0.25) is 9.89 Å². The zero-order valence-electron chi connectivity index (χ0n) is 18.6. The molecule has 3 rings (SSSR count). The summed E-state index contributed by atoms with van der Waals surface area (Å²) in [5, 5.41) is 13.3. The Kier molecular flexibility index (Phi) is 5.01. The quantitative estimate of drug-likeness (QED) is 0.570. The third kappa shape index (κ3) is 4.63. The molecule has 29 heavy (non-hydrogen) atoms. The summed E-state index contributed by atoms with van der Waals surface area (Å²) in [6, 6.07) is 1.59. The second-order valence-corrected chi connectivity index (χ2v) is 10.5. The predicted octanol–water partition coefficient (Wildman–Crippen LogP) is 4.83. The van der Waals surface area contributed by atoms with Crippen molar-refractivity contribution < 1.29 is 9.32 Å². The fraction of sp³-hybridized carbons (Fsp3) is 0.571. The van der Waals surface area contributed by atoms with Crippen LogP contribution < -0.4 is 10.6 Å². The highest BCUT2D eigenvalue weighted by molar-refractivity contribution is 6.08. The number of anilines is 2. The lowest BCUT2D eigenvalue weighted by Gasteiger charge is -2.34. The lowest BCUT2D eigenvalue weighted by atomic mass is 9.81. The molecule has 3 aromatic heterocycles. The van der Waals surface area contributed by atoms with Crippen LogP contribution in [0.2, 0.25) is 0 Å². The number of rotatable bonds is 5. The summed E-state index contributed by atoms with van der Waals surface area (Å²) in [6.45, 7) is 17.4. The SMILES string of the molecule is CC(C)(C)CC(C)(C)Nc1c(C(C)(C)C)nc2c(C(=O)Nc3ccon3)c[nH]n12. The first kappa shape index (κ1) is 21.0. The number of aromatic amines is 1. The van der Waals surface area contributed by atoms with Crippen molar-refractivity contribution in [2.75, 3.05) is 10.6 Å². The topological polar surface area (TPSA) is 100 Å². The van der Waals surface area contributed by atoms with Crippen molar-refractivity contribution >= 4 is 23.2 Å². The van der Waals surface area contributed by atoms with Crippen LogP contribution in [0.25, 0.3) is 5.65 Å². The number of aromatic nitrogens is 4. The van der Waals surface area contributed by atoms with Gasteiger partial charge in [0, 0.05) is 23.2 Å². The number of carbonyl (C=O) groups excluding carboxylic acids is 1. The van der Waals surface area contributed by atoms with Crippen LogP contribution in [0.4, 0.5) is 11.6 Å². The van der Waals surface area contributed by atoms with Gasteiger partial charge in [-0.25, -0.2) is 9.50 Å². The second-order valence-electron chi connectivity index (χ2n) is 10.5. The molecule has 3 heterocycles.